The normalized spacial score (nSPS) is 12.8. The summed E-state index contributed by atoms with van der Waals surface area (Å²) in [5.41, 5.74) is 3.93. The predicted octanol–water partition coefficient (Wildman–Crippen LogP) is 3.01. The van der Waals surface area contributed by atoms with Crippen LogP contribution in [0.3, 0.4) is 0 Å². The van der Waals surface area contributed by atoms with Gasteiger partial charge < -0.3 is 9.64 Å². The molecule has 0 spiro atoms. The maximum atomic E-state index is 12.1. The number of fused-ring (bicyclic) bond motifs is 1. The van der Waals surface area contributed by atoms with E-state index in [9.17, 15) is 14.9 Å². The summed E-state index contributed by atoms with van der Waals surface area (Å²) >= 11 is 0. The molecule has 0 atom stereocenters. The van der Waals surface area contributed by atoms with E-state index in [2.05, 4.69) is 0 Å². The summed E-state index contributed by atoms with van der Waals surface area (Å²) in [6, 6.07) is 12.6. The third-order valence-corrected chi connectivity index (χ3v) is 4.07. The molecule has 24 heavy (non-hydrogen) atoms. The second-order valence-electron chi connectivity index (χ2n) is 5.89. The number of carbonyl (C=O) groups excluding carboxylic acids is 1. The molecule has 3 rings (SSSR count). The highest BCUT2D eigenvalue weighted by Crippen LogP contribution is 2.30. The zero-order chi connectivity index (χ0) is 17.1. The maximum absolute atomic E-state index is 12.1. The van der Waals surface area contributed by atoms with Crippen LogP contribution in [-0.2, 0) is 22.6 Å². The zero-order valence-electron chi connectivity index (χ0n) is 13.4. The molecular weight excluding hydrogens is 308 g/mol. The van der Waals surface area contributed by atoms with Crippen LogP contribution >= 0.6 is 0 Å². The highest BCUT2D eigenvalue weighted by atomic mass is 16.6. The van der Waals surface area contributed by atoms with Gasteiger partial charge in [0.25, 0.3) is 5.69 Å². The Morgan fingerprint density at radius 2 is 2.12 bits per heavy atom. The first-order valence-corrected chi connectivity index (χ1v) is 7.76. The predicted molar refractivity (Wildman–Crippen MR) is 90.0 cm³/mol. The molecular formula is C18H18N2O4. The topological polar surface area (TPSA) is 72.7 Å². The molecule has 2 aromatic carbocycles. The molecule has 1 aliphatic heterocycles. The molecule has 0 aliphatic carbocycles. The van der Waals surface area contributed by atoms with Crippen molar-refractivity contribution in [2.24, 2.45) is 0 Å². The first-order chi connectivity index (χ1) is 11.5. The fraction of sp³-hybridized carbons (Fsp3) is 0.278. The minimum Gasteiger partial charge on any atom is -0.459 e. The van der Waals surface area contributed by atoms with Crippen LogP contribution in [0, 0.1) is 17.0 Å². The molecule has 0 amide bonds. The van der Waals surface area contributed by atoms with Gasteiger partial charge in [-0.15, -0.1) is 0 Å². The fourth-order valence-electron chi connectivity index (χ4n) is 2.90. The van der Waals surface area contributed by atoms with Crippen molar-refractivity contribution >= 4 is 17.3 Å². The van der Waals surface area contributed by atoms with Crippen molar-refractivity contribution in [2.45, 2.75) is 20.0 Å². The van der Waals surface area contributed by atoms with Gasteiger partial charge in [-0.25, -0.2) is 0 Å². The number of hydrogen-bond acceptors (Lipinski definition) is 5. The van der Waals surface area contributed by atoms with Crippen LogP contribution < -0.4 is 4.90 Å². The van der Waals surface area contributed by atoms with Gasteiger partial charge in [-0.2, -0.15) is 0 Å². The van der Waals surface area contributed by atoms with Crippen LogP contribution in [0.4, 0.5) is 11.4 Å². The van der Waals surface area contributed by atoms with Crippen LogP contribution in [0.15, 0.2) is 42.5 Å². The molecule has 0 N–H and O–H groups in total. The molecule has 0 unspecified atom stereocenters. The molecule has 0 bridgehead atoms. The van der Waals surface area contributed by atoms with Crippen molar-refractivity contribution in [1.29, 1.82) is 0 Å². The minimum absolute atomic E-state index is 0.0811. The van der Waals surface area contributed by atoms with Crippen LogP contribution in [0.1, 0.15) is 16.7 Å². The highest BCUT2D eigenvalue weighted by molar-refractivity contribution is 5.77. The van der Waals surface area contributed by atoms with Gasteiger partial charge in [0, 0.05) is 24.4 Å². The molecule has 0 radical (unpaired) electrons. The third-order valence-electron chi connectivity index (χ3n) is 4.07. The first kappa shape index (κ1) is 16.0. The highest BCUT2D eigenvalue weighted by Gasteiger charge is 2.23. The second kappa shape index (κ2) is 6.70. The Kier molecular flexibility index (Phi) is 4.46. The van der Waals surface area contributed by atoms with Gasteiger partial charge in [0.1, 0.15) is 13.2 Å². The maximum Gasteiger partial charge on any atom is 0.325 e. The Morgan fingerprint density at radius 3 is 2.88 bits per heavy atom. The van der Waals surface area contributed by atoms with E-state index in [4.69, 9.17) is 4.74 Å². The van der Waals surface area contributed by atoms with Crippen molar-refractivity contribution in [3.63, 3.8) is 0 Å². The number of nitrogens with zero attached hydrogens (tertiary/aromatic N) is 2. The Labute approximate surface area is 139 Å². The number of hydrogen-bond donors (Lipinski definition) is 0. The molecule has 0 saturated carbocycles. The first-order valence-electron chi connectivity index (χ1n) is 7.76. The van der Waals surface area contributed by atoms with Gasteiger partial charge in [0.05, 0.1) is 4.92 Å². The molecule has 124 valence electrons. The number of benzene rings is 2. The summed E-state index contributed by atoms with van der Waals surface area (Å²) in [5, 5.41) is 10.8. The summed E-state index contributed by atoms with van der Waals surface area (Å²) in [7, 11) is 0. The smallest absolute Gasteiger partial charge is 0.325 e. The molecule has 1 heterocycles. The Hall–Kier alpha value is -2.89. The molecule has 6 nitrogen and oxygen atoms in total. The monoisotopic (exact) mass is 326 g/mol. The van der Waals surface area contributed by atoms with Gasteiger partial charge in [0.15, 0.2) is 0 Å². The Morgan fingerprint density at radius 1 is 1.29 bits per heavy atom. The molecule has 0 saturated heterocycles. The number of rotatable bonds is 5. The lowest BCUT2D eigenvalue weighted by atomic mass is 10.1. The summed E-state index contributed by atoms with van der Waals surface area (Å²) < 4.78 is 5.33. The number of carbonyl (C=O) groups is 1. The summed E-state index contributed by atoms with van der Waals surface area (Å²) in [6.45, 7) is 3.06. The van der Waals surface area contributed by atoms with E-state index in [1.165, 1.54) is 6.07 Å². The number of nitro benzene ring substituents is 1. The van der Waals surface area contributed by atoms with Crippen molar-refractivity contribution in [3.05, 3.63) is 69.3 Å². The number of aryl methyl sites for hydroxylation is 1. The summed E-state index contributed by atoms with van der Waals surface area (Å²) in [4.78, 5) is 24.4. The summed E-state index contributed by atoms with van der Waals surface area (Å²) in [5.74, 6) is -0.303. The molecule has 0 aromatic heterocycles. The number of esters is 1. The standard InChI is InChI=1S/C18H18N2O4/c1-13-3-2-4-14(9-13)12-24-18(21)11-19-8-7-15-10-16(20(22)23)5-6-17(15)19/h2-6,9-10H,7-8,11-12H2,1H3. The van der Waals surface area contributed by atoms with Gasteiger partial charge in [-0.3, -0.25) is 14.9 Å². The van der Waals surface area contributed by atoms with Gasteiger partial charge >= 0.3 is 5.97 Å². The third kappa shape index (κ3) is 3.53. The lowest BCUT2D eigenvalue weighted by molar-refractivity contribution is -0.384. The average Bonchev–Trinajstić information content (AvgIpc) is 2.95. The Balaban J connectivity index is 1.60. The number of non-ortho nitro benzene ring substituents is 1. The van der Waals surface area contributed by atoms with Crippen molar-refractivity contribution in [3.8, 4) is 0 Å². The second-order valence-corrected chi connectivity index (χ2v) is 5.89. The summed E-state index contributed by atoms with van der Waals surface area (Å²) in [6.07, 6.45) is 0.697. The molecule has 0 fully saturated rings. The van der Waals surface area contributed by atoms with Crippen molar-refractivity contribution in [1.82, 2.24) is 0 Å². The van der Waals surface area contributed by atoms with E-state index < -0.39 is 4.92 Å². The lowest BCUT2D eigenvalue weighted by Gasteiger charge is -2.18. The van der Waals surface area contributed by atoms with Crippen LogP contribution in [0.2, 0.25) is 0 Å². The van der Waals surface area contributed by atoms with Crippen molar-refractivity contribution < 1.29 is 14.5 Å². The number of anilines is 1. The van der Waals surface area contributed by atoms with Crippen LogP contribution in [0.25, 0.3) is 0 Å². The SMILES string of the molecule is Cc1cccc(COC(=O)CN2CCc3cc([N+](=O)[O-])ccc32)c1. The minimum atomic E-state index is -0.404. The van der Waals surface area contributed by atoms with Gasteiger partial charge in [0.2, 0.25) is 0 Å². The number of nitro groups is 1. The Bertz CT molecular complexity index is 788. The largest absolute Gasteiger partial charge is 0.459 e. The van der Waals surface area contributed by atoms with Gasteiger partial charge in [-0.1, -0.05) is 29.8 Å². The van der Waals surface area contributed by atoms with E-state index in [0.29, 0.717) is 13.0 Å². The van der Waals surface area contributed by atoms with Gasteiger partial charge in [-0.05, 0) is 30.5 Å². The lowest BCUT2D eigenvalue weighted by Crippen LogP contribution is -2.29. The van der Waals surface area contributed by atoms with Crippen LogP contribution in [-0.4, -0.2) is 24.0 Å². The fourth-order valence-corrected chi connectivity index (χ4v) is 2.90. The van der Waals surface area contributed by atoms with E-state index in [1.54, 1.807) is 12.1 Å². The molecule has 2 aromatic rings. The molecule has 6 heteroatoms. The average molecular weight is 326 g/mol. The van der Waals surface area contributed by atoms with Crippen molar-refractivity contribution in [2.75, 3.05) is 18.0 Å². The van der Waals surface area contributed by atoms with E-state index in [-0.39, 0.29) is 24.8 Å². The zero-order valence-corrected chi connectivity index (χ0v) is 13.4. The quantitative estimate of drug-likeness (QED) is 0.480. The molecule has 1 aliphatic rings. The van der Waals surface area contributed by atoms with E-state index >= 15 is 0 Å². The van der Waals surface area contributed by atoms with Crippen LogP contribution in [0.5, 0.6) is 0 Å². The number of ether oxygens (including phenoxy) is 1. The van der Waals surface area contributed by atoms with E-state index in [0.717, 1.165) is 22.4 Å². The van der Waals surface area contributed by atoms with E-state index in [1.807, 2.05) is 36.1 Å².